The second kappa shape index (κ2) is 12.0. The average molecular weight is 608 g/mol. The van der Waals surface area contributed by atoms with Crippen LogP contribution in [0.2, 0.25) is 5.02 Å². The summed E-state index contributed by atoms with van der Waals surface area (Å²) in [7, 11) is 0. The predicted molar refractivity (Wildman–Crippen MR) is 150 cm³/mol. The molecular formula is C25H21BrClFN4O2S2. The van der Waals surface area contributed by atoms with Gasteiger partial charge < -0.3 is 15.4 Å². The minimum atomic E-state index is -0.425. The monoisotopic (exact) mass is 606 g/mol. The van der Waals surface area contributed by atoms with E-state index in [0.29, 0.717) is 37.9 Å². The number of thiocarbonyl (C=S) groups is 1. The number of rotatable bonds is 8. The number of hydrogen-bond donors (Lipinski definition) is 2. The van der Waals surface area contributed by atoms with Crippen molar-refractivity contribution in [1.82, 2.24) is 9.78 Å². The van der Waals surface area contributed by atoms with Gasteiger partial charge in [-0.25, -0.2) is 9.18 Å². The fourth-order valence-corrected chi connectivity index (χ4v) is 5.41. The fraction of sp³-hybridized carbons (Fsp3) is 0.160. The number of anilines is 2. The summed E-state index contributed by atoms with van der Waals surface area (Å²) in [5, 5.41) is 11.7. The van der Waals surface area contributed by atoms with Gasteiger partial charge in [-0.2, -0.15) is 5.10 Å². The number of nitrogens with one attached hydrogen (secondary N) is 2. The molecule has 0 spiro atoms. The Morgan fingerprint density at radius 1 is 1.22 bits per heavy atom. The van der Waals surface area contributed by atoms with Gasteiger partial charge in [0.25, 0.3) is 0 Å². The van der Waals surface area contributed by atoms with Crippen molar-refractivity contribution >= 4 is 73.0 Å². The maximum Gasteiger partial charge on any atom is 0.341 e. The lowest BCUT2D eigenvalue weighted by Crippen LogP contribution is -2.20. The molecule has 0 fully saturated rings. The van der Waals surface area contributed by atoms with Gasteiger partial charge in [0.05, 0.1) is 23.2 Å². The summed E-state index contributed by atoms with van der Waals surface area (Å²) < 4.78 is 21.6. The van der Waals surface area contributed by atoms with Crippen LogP contribution in [0.3, 0.4) is 0 Å². The van der Waals surface area contributed by atoms with Crippen molar-refractivity contribution in [2.75, 3.05) is 17.2 Å². The lowest BCUT2D eigenvalue weighted by Gasteiger charge is -2.09. The molecule has 2 heterocycles. The molecular weight excluding hydrogens is 587 g/mol. The first kappa shape index (κ1) is 26.3. The Hall–Kier alpha value is -2.79. The Morgan fingerprint density at radius 2 is 2.00 bits per heavy atom. The number of carbonyl (C=O) groups is 1. The molecule has 186 valence electrons. The Kier molecular flexibility index (Phi) is 8.73. The van der Waals surface area contributed by atoms with Gasteiger partial charge in [0, 0.05) is 28.1 Å². The normalized spacial score (nSPS) is 10.8. The van der Waals surface area contributed by atoms with Crippen LogP contribution in [-0.4, -0.2) is 27.5 Å². The second-order valence-corrected chi connectivity index (χ2v) is 10.4. The molecule has 0 aliphatic carbocycles. The van der Waals surface area contributed by atoms with Crippen LogP contribution in [0.25, 0.3) is 0 Å². The van der Waals surface area contributed by atoms with Gasteiger partial charge in [-0.15, -0.1) is 11.3 Å². The number of benzene rings is 2. The molecule has 36 heavy (non-hydrogen) atoms. The minimum absolute atomic E-state index is 0.146. The number of hydrogen-bond acceptors (Lipinski definition) is 5. The maximum atomic E-state index is 14.2. The van der Waals surface area contributed by atoms with Crippen molar-refractivity contribution in [3.63, 3.8) is 0 Å². The number of thiophene rings is 1. The molecule has 2 aromatic heterocycles. The van der Waals surface area contributed by atoms with E-state index >= 15 is 0 Å². The zero-order valence-corrected chi connectivity index (χ0v) is 23.0. The number of halogens is 3. The molecule has 0 unspecified atom stereocenters. The molecule has 0 saturated carbocycles. The van der Waals surface area contributed by atoms with Crippen LogP contribution in [0.4, 0.5) is 15.2 Å². The van der Waals surface area contributed by atoms with E-state index in [1.807, 2.05) is 36.4 Å². The van der Waals surface area contributed by atoms with Crippen LogP contribution in [0, 0.1) is 5.82 Å². The van der Waals surface area contributed by atoms with Crippen molar-refractivity contribution in [1.29, 1.82) is 0 Å². The van der Waals surface area contributed by atoms with Gasteiger partial charge in [0.1, 0.15) is 10.8 Å². The largest absolute Gasteiger partial charge is 0.462 e. The number of ether oxygens (including phenoxy) is 1. The number of carbonyl (C=O) groups excluding carboxylic acids is 1. The molecule has 2 N–H and O–H groups in total. The lowest BCUT2D eigenvalue weighted by atomic mass is 10.1. The first-order valence-corrected chi connectivity index (χ1v) is 13.3. The van der Waals surface area contributed by atoms with Crippen LogP contribution in [0.1, 0.15) is 33.3 Å². The van der Waals surface area contributed by atoms with Crippen molar-refractivity contribution in [3.8, 4) is 0 Å². The van der Waals surface area contributed by atoms with E-state index in [1.54, 1.807) is 29.9 Å². The summed E-state index contributed by atoms with van der Waals surface area (Å²) in [6.07, 6.45) is 2.37. The number of aromatic nitrogens is 2. The maximum absolute atomic E-state index is 14.2. The van der Waals surface area contributed by atoms with Gasteiger partial charge in [-0.05, 0) is 58.8 Å². The molecule has 11 heteroatoms. The van der Waals surface area contributed by atoms with Crippen LogP contribution >= 0.6 is 51.1 Å². The lowest BCUT2D eigenvalue weighted by molar-refractivity contribution is 0.0528. The van der Waals surface area contributed by atoms with Crippen molar-refractivity contribution < 1.29 is 13.9 Å². The summed E-state index contributed by atoms with van der Waals surface area (Å²) in [5.41, 5.74) is 1.88. The van der Waals surface area contributed by atoms with E-state index in [9.17, 15) is 9.18 Å². The summed E-state index contributed by atoms with van der Waals surface area (Å²) in [5.74, 6) is -0.402. The molecule has 0 aliphatic heterocycles. The third-order valence-corrected chi connectivity index (χ3v) is 7.25. The average Bonchev–Trinajstić information content (AvgIpc) is 3.39. The highest BCUT2D eigenvalue weighted by Crippen LogP contribution is 2.31. The van der Waals surface area contributed by atoms with E-state index < -0.39 is 11.8 Å². The standard InChI is InChI=1S/C25H21BrClFN4O2S2/c1-2-34-24(33)17-12-16(11-15-7-4-3-5-8-15)36-23(17)30-25(35)29-22-19(26)14-32(31-22)13-18-20(27)9-6-10-21(18)28/h3-10,12,14H,2,11,13H2,1H3,(H2,29,30,31,35). The summed E-state index contributed by atoms with van der Waals surface area (Å²) in [6.45, 7) is 2.17. The highest BCUT2D eigenvalue weighted by Gasteiger charge is 2.19. The molecule has 4 aromatic rings. The van der Waals surface area contributed by atoms with Gasteiger partial charge in [0.2, 0.25) is 0 Å². The molecule has 0 amide bonds. The van der Waals surface area contributed by atoms with E-state index in [0.717, 1.165) is 10.4 Å². The number of esters is 1. The third-order valence-electron chi connectivity index (χ3n) is 5.06. The van der Waals surface area contributed by atoms with Crippen LogP contribution in [0.5, 0.6) is 0 Å². The van der Waals surface area contributed by atoms with Crippen molar-refractivity contribution in [3.05, 3.63) is 97.7 Å². The Balaban J connectivity index is 1.49. The zero-order valence-electron chi connectivity index (χ0n) is 19.1. The first-order chi connectivity index (χ1) is 17.3. The van der Waals surface area contributed by atoms with Gasteiger partial charge in [-0.3, -0.25) is 4.68 Å². The van der Waals surface area contributed by atoms with E-state index in [1.165, 1.54) is 17.4 Å². The highest BCUT2D eigenvalue weighted by molar-refractivity contribution is 9.10. The highest BCUT2D eigenvalue weighted by atomic mass is 79.9. The molecule has 0 saturated heterocycles. The van der Waals surface area contributed by atoms with Gasteiger partial charge in [-0.1, -0.05) is 48.0 Å². The summed E-state index contributed by atoms with van der Waals surface area (Å²) >= 11 is 16.5. The fourth-order valence-electron chi connectivity index (χ4n) is 3.43. The molecule has 0 bridgehead atoms. The molecule has 2 aromatic carbocycles. The van der Waals surface area contributed by atoms with Gasteiger partial charge >= 0.3 is 5.97 Å². The Bertz CT molecular complexity index is 1370. The molecule has 0 radical (unpaired) electrons. The van der Waals surface area contributed by atoms with Crippen LogP contribution in [-0.2, 0) is 17.7 Å². The van der Waals surface area contributed by atoms with Gasteiger partial charge in [0.15, 0.2) is 10.9 Å². The topological polar surface area (TPSA) is 68.2 Å². The molecule has 0 atom stereocenters. The Morgan fingerprint density at radius 3 is 2.72 bits per heavy atom. The zero-order chi connectivity index (χ0) is 25.7. The third kappa shape index (κ3) is 6.50. The van der Waals surface area contributed by atoms with Crippen LogP contribution in [0.15, 0.2) is 65.3 Å². The predicted octanol–water partition coefficient (Wildman–Crippen LogP) is 7.12. The summed E-state index contributed by atoms with van der Waals surface area (Å²) in [4.78, 5) is 13.6. The van der Waals surface area contributed by atoms with Crippen molar-refractivity contribution in [2.45, 2.75) is 19.9 Å². The molecule has 6 nitrogen and oxygen atoms in total. The van der Waals surface area contributed by atoms with E-state index in [2.05, 4.69) is 31.7 Å². The molecule has 0 aliphatic rings. The van der Waals surface area contributed by atoms with E-state index in [-0.39, 0.29) is 18.3 Å². The second-order valence-electron chi connectivity index (χ2n) is 7.64. The smallest absolute Gasteiger partial charge is 0.341 e. The minimum Gasteiger partial charge on any atom is -0.462 e. The number of nitrogens with zero attached hydrogens (tertiary/aromatic N) is 2. The van der Waals surface area contributed by atoms with Crippen molar-refractivity contribution in [2.24, 2.45) is 0 Å². The summed E-state index contributed by atoms with van der Waals surface area (Å²) in [6, 6.07) is 16.3. The van der Waals surface area contributed by atoms with Crippen LogP contribution < -0.4 is 10.6 Å². The SMILES string of the molecule is CCOC(=O)c1cc(Cc2ccccc2)sc1NC(=S)Nc1nn(Cc2c(F)cccc2Cl)cc1Br. The molecule has 4 rings (SSSR count). The van der Waals surface area contributed by atoms with E-state index in [4.69, 9.17) is 28.6 Å². The Labute approximate surface area is 230 Å². The first-order valence-electron chi connectivity index (χ1n) is 10.9. The quantitative estimate of drug-likeness (QED) is 0.164.